The second-order valence-corrected chi connectivity index (χ2v) is 6.46. The maximum absolute atomic E-state index is 9.75. The lowest BCUT2D eigenvalue weighted by Crippen LogP contribution is -2.02. The Morgan fingerprint density at radius 3 is 1.77 bits per heavy atom. The first kappa shape index (κ1) is 20.0. The molecule has 0 spiro atoms. The first-order chi connectivity index (χ1) is 12.4. The molecule has 0 aliphatic rings. The molecule has 0 saturated heterocycles. The molecule has 0 N–H and O–H groups in total. The average molecular weight is 380 g/mol. The van der Waals surface area contributed by atoms with Gasteiger partial charge in [0.2, 0.25) is 0 Å². The molecule has 0 unspecified atom stereocenters. The van der Waals surface area contributed by atoms with E-state index in [0.717, 1.165) is 22.2 Å². The summed E-state index contributed by atoms with van der Waals surface area (Å²) in [6.07, 6.45) is 0. The van der Waals surface area contributed by atoms with E-state index in [4.69, 9.17) is 4.42 Å². The molecular weight excluding hydrogens is 363 g/mol. The van der Waals surface area contributed by atoms with E-state index in [1.54, 1.807) is 11.8 Å². The molecule has 1 heterocycles. The van der Waals surface area contributed by atoms with Crippen molar-refractivity contribution < 1.29 is 21.7 Å². The van der Waals surface area contributed by atoms with Crippen molar-refractivity contribution in [3.05, 3.63) is 72.8 Å². The summed E-state index contributed by atoms with van der Waals surface area (Å²) in [5.41, 5.74) is 3.51. The van der Waals surface area contributed by atoms with Gasteiger partial charge in [0, 0.05) is 11.3 Å². The highest BCUT2D eigenvalue weighted by Gasteiger charge is 2.20. The van der Waals surface area contributed by atoms with E-state index >= 15 is 0 Å². The number of hydrogen-bond donors (Lipinski definition) is 0. The summed E-state index contributed by atoms with van der Waals surface area (Å²) in [5, 5.41) is 0.956. The van der Waals surface area contributed by atoms with Gasteiger partial charge in [0.1, 0.15) is 0 Å². The Morgan fingerprint density at radius 2 is 1.27 bits per heavy atom. The van der Waals surface area contributed by atoms with Gasteiger partial charge in [-0.3, -0.25) is 0 Å². The first-order valence-electron chi connectivity index (χ1n) is 7.96. The number of benzene rings is 2. The number of hydrogen-bond acceptors (Lipinski definition) is 1. The minimum Gasteiger partial charge on any atom is -0.418 e. The number of thioether (sulfide) groups is 1. The molecule has 2 aromatic carbocycles. The van der Waals surface area contributed by atoms with Crippen LogP contribution in [0.3, 0.4) is 0 Å². The summed E-state index contributed by atoms with van der Waals surface area (Å²) in [4.78, 5) is 0. The van der Waals surface area contributed by atoms with Crippen LogP contribution in [0.4, 0.5) is 17.3 Å². The molecule has 0 saturated carbocycles. The third-order valence-electron chi connectivity index (χ3n) is 3.22. The van der Waals surface area contributed by atoms with Crippen molar-refractivity contribution in [3.8, 4) is 22.5 Å². The van der Waals surface area contributed by atoms with E-state index in [-0.39, 0.29) is 0 Å². The van der Waals surface area contributed by atoms with Crippen LogP contribution >= 0.6 is 11.8 Å². The van der Waals surface area contributed by atoms with Crippen LogP contribution in [0.1, 0.15) is 6.92 Å². The van der Waals surface area contributed by atoms with E-state index < -0.39 is 7.25 Å². The van der Waals surface area contributed by atoms with Gasteiger partial charge in [0.05, 0.1) is 17.7 Å². The Kier molecular flexibility index (Phi) is 7.27. The summed E-state index contributed by atoms with van der Waals surface area (Å²) < 4.78 is 45.0. The van der Waals surface area contributed by atoms with Crippen LogP contribution < -0.4 is 0 Å². The average Bonchev–Trinajstić information content (AvgIpc) is 2.62. The zero-order valence-electron chi connectivity index (χ0n) is 14.0. The SMILES string of the molecule is CCSc1cc(-c2ccccc2)cc(-c2ccccc2)[o+]1.F[B-](F)(F)F. The Morgan fingerprint density at radius 1 is 0.769 bits per heavy atom. The van der Waals surface area contributed by atoms with E-state index in [2.05, 4.69) is 55.5 Å². The summed E-state index contributed by atoms with van der Waals surface area (Å²) >= 11 is 1.73. The van der Waals surface area contributed by atoms with Crippen LogP contribution in [0.2, 0.25) is 0 Å². The molecule has 0 fully saturated rings. The van der Waals surface area contributed by atoms with Gasteiger partial charge in [-0.15, -0.1) is 0 Å². The van der Waals surface area contributed by atoms with Crippen molar-refractivity contribution in [3.63, 3.8) is 0 Å². The van der Waals surface area contributed by atoms with E-state index in [9.17, 15) is 17.3 Å². The smallest absolute Gasteiger partial charge is 0.418 e. The summed E-state index contributed by atoms with van der Waals surface area (Å²) in [5.74, 6) is 1.91. The van der Waals surface area contributed by atoms with Crippen molar-refractivity contribution >= 4 is 19.0 Å². The van der Waals surface area contributed by atoms with Crippen molar-refractivity contribution in [1.29, 1.82) is 0 Å². The molecule has 7 heteroatoms. The van der Waals surface area contributed by atoms with Gasteiger partial charge >= 0.3 is 18.1 Å². The van der Waals surface area contributed by atoms with Crippen LogP contribution in [-0.4, -0.2) is 13.0 Å². The molecule has 0 atom stereocenters. The molecule has 3 rings (SSSR count). The van der Waals surface area contributed by atoms with Crippen LogP contribution in [0.25, 0.3) is 22.5 Å². The molecule has 26 heavy (non-hydrogen) atoms. The van der Waals surface area contributed by atoms with Gasteiger partial charge in [-0.2, -0.15) is 4.42 Å². The van der Waals surface area contributed by atoms with Gasteiger partial charge < -0.3 is 17.3 Å². The minimum atomic E-state index is -6.00. The predicted molar refractivity (Wildman–Crippen MR) is 101 cm³/mol. The predicted octanol–water partition coefficient (Wildman–Crippen LogP) is 7.31. The second kappa shape index (κ2) is 9.43. The highest BCUT2D eigenvalue weighted by atomic mass is 32.2. The van der Waals surface area contributed by atoms with E-state index in [1.165, 1.54) is 11.1 Å². The second-order valence-electron chi connectivity index (χ2n) is 5.19. The topological polar surface area (TPSA) is 11.3 Å². The fraction of sp³-hybridized carbons (Fsp3) is 0.105. The van der Waals surface area contributed by atoms with Crippen LogP contribution in [-0.2, 0) is 0 Å². The summed E-state index contributed by atoms with van der Waals surface area (Å²) in [7, 11) is -6.00. The highest BCUT2D eigenvalue weighted by Crippen LogP contribution is 2.32. The lowest BCUT2D eigenvalue weighted by molar-refractivity contribution is 0.368. The molecule has 0 amide bonds. The molecule has 1 nitrogen and oxygen atoms in total. The third-order valence-corrected chi connectivity index (χ3v) is 4.00. The maximum Gasteiger partial charge on any atom is 0.673 e. The highest BCUT2D eigenvalue weighted by molar-refractivity contribution is 7.99. The molecule has 136 valence electrons. The summed E-state index contributed by atoms with van der Waals surface area (Å²) in [6, 6.07) is 24.9. The largest absolute Gasteiger partial charge is 0.673 e. The third kappa shape index (κ3) is 6.92. The van der Waals surface area contributed by atoms with E-state index in [1.807, 2.05) is 24.3 Å². The van der Waals surface area contributed by atoms with Crippen LogP contribution in [0, 0.1) is 0 Å². The van der Waals surface area contributed by atoms with Crippen LogP contribution in [0.15, 0.2) is 82.3 Å². The van der Waals surface area contributed by atoms with Crippen molar-refractivity contribution in [2.75, 3.05) is 5.75 Å². The van der Waals surface area contributed by atoms with Gasteiger partial charge in [0.25, 0.3) is 0 Å². The Labute approximate surface area is 154 Å². The Balaban J connectivity index is 0.000000431. The Hall–Kier alpha value is -2.28. The maximum atomic E-state index is 9.75. The molecule has 0 aliphatic heterocycles. The minimum absolute atomic E-state index is 0.910. The zero-order valence-corrected chi connectivity index (χ0v) is 14.9. The molecule has 0 aliphatic carbocycles. The molecular formula is C19H17BF4OS. The lowest BCUT2D eigenvalue weighted by atomic mass is 10.0. The quantitative estimate of drug-likeness (QED) is 0.204. The first-order valence-corrected chi connectivity index (χ1v) is 8.94. The molecule has 1 aromatic heterocycles. The monoisotopic (exact) mass is 380 g/mol. The fourth-order valence-electron chi connectivity index (χ4n) is 2.23. The molecule has 3 aromatic rings. The lowest BCUT2D eigenvalue weighted by Gasteiger charge is -2.01. The standard InChI is InChI=1S/C19H17OS.BF4/c1-2-21-19-14-17(15-9-5-3-6-10-15)13-18(20-19)16-11-7-4-8-12-16;2-1(3,4)5/h3-14H,2H2,1H3;/q+1;-1. The molecule has 0 bridgehead atoms. The molecule has 0 radical (unpaired) electrons. The van der Waals surface area contributed by atoms with Crippen molar-refractivity contribution in [1.82, 2.24) is 0 Å². The summed E-state index contributed by atoms with van der Waals surface area (Å²) in [6.45, 7) is 2.14. The Bertz CT molecular complexity index is 747. The normalized spacial score (nSPS) is 10.8. The zero-order chi connectivity index (χ0) is 19.0. The van der Waals surface area contributed by atoms with Crippen LogP contribution in [0.5, 0.6) is 0 Å². The fourth-order valence-corrected chi connectivity index (χ4v) is 2.88. The number of rotatable bonds is 4. The van der Waals surface area contributed by atoms with Gasteiger partial charge in [-0.25, -0.2) is 0 Å². The van der Waals surface area contributed by atoms with E-state index in [0.29, 0.717) is 0 Å². The van der Waals surface area contributed by atoms with Gasteiger partial charge in [-0.1, -0.05) is 55.5 Å². The van der Waals surface area contributed by atoms with Gasteiger partial charge in [-0.05, 0) is 29.5 Å². The van der Waals surface area contributed by atoms with Gasteiger partial charge in [0.15, 0.2) is 0 Å². The van der Waals surface area contributed by atoms with Crippen molar-refractivity contribution in [2.24, 2.45) is 0 Å². The number of halogens is 4. The van der Waals surface area contributed by atoms with Crippen molar-refractivity contribution in [2.45, 2.75) is 12.0 Å².